The lowest BCUT2D eigenvalue weighted by molar-refractivity contribution is -0.150. The molecule has 0 unspecified atom stereocenters. The molecular weight excluding hydrogens is 310 g/mol. The third kappa shape index (κ3) is 2.92. The molecule has 1 aromatic rings. The topological polar surface area (TPSA) is 84.7 Å². The average Bonchev–Trinajstić information content (AvgIpc) is 3.30. The molecular formula is C17H23N3O4. The minimum atomic E-state index is -0.857. The molecule has 1 aliphatic carbocycles. The number of carboxylic acids is 1. The second-order valence-electron chi connectivity index (χ2n) is 7.10. The third-order valence-corrected chi connectivity index (χ3v) is 5.48. The van der Waals surface area contributed by atoms with E-state index in [0.717, 1.165) is 45.2 Å². The van der Waals surface area contributed by atoms with E-state index in [4.69, 9.17) is 9.84 Å². The number of nitrogens with zero attached hydrogens (tertiary/aromatic N) is 3. The molecule has 1 aromatic heterocycles. The van der Waals surface area contributed by atoms with Crippen LogP contribution in [0.2, 0.25) is 0 Å². The van der Waals surface area contributed by atoms with Crippen LogP contribution in [0.5, 0.6) is 0 Å². The summed E-state index contributed by atoms with van der Waals surface area (Å²) in [5.41, 5.74) is 0.0153. The zero-order valence-electron chi connectivity index (χ0n) is 13.6. The van der Waals surface area contributed by atoms with E-state index >= 15 is 0 Å². The van der Waals surface area contributed by atoms with Gasteiger partial charge in [0.25, 0.3) is 5.56 Å². The van der Waals surface area contributed by atoms with Crippen molar-refractivity contribution in [3.8, 4) is 0 Å². The third-order valence-electron chi connectivity index (χ3n) is 5.48. The number of piperidine rings is 1. The van der Waals surface area contributed by atoms with Crippen molar-refractivity contribution in [3.05, 3.63) is 22.7 Å². The molecule has 0 spiro atoms. The predicted octanol–water partition coefficient (Wildman–Crippen LogP) is 1.43. The van der Waals surface area contributed by atoms with Crippen molar-refractivity contribution in [2.24, 2.45) is 5.92 Å². The summed E-state index contributed by atoms with van der Waals surface area (Å²) in [5.74, 6) is 0.0719. The Kier molecular flexibility index (Phi) is 4.04. The average molecular weight is 333 g/mol. The fourth-order valence-electron chi connectivity index (χ4n) is 3.95. The summed E-state index contributed by atoms with van der Waals surface area (Å²) in [5, 5.41) is 9.05. The maximum atomic E-state index is 12.6. The van der Waals surface area contributed by atoms with Crippen LogP contribution in [0.25, 0.3) is 0 Å². The fourth-order valence-corrected chi connectivity index (χ4v) is 3.95. The standard InChI is InChI=1S/C17H23N3O4/c21-16-15(18-7-10-20(16)12-1-2-12)19-8-5-11(6-9-19)13-3-4-14(24-13)17(22)23/h7,10-14H,1-6,8-9H2,(H,22,23)/t13-,14+/m0/s1. The highest BCUT2D eigenvalue weighted by molar-refractivity contribution is 5.72. The Morgan fingerprint density at radius 1 is 1.17 bits per heavy atom. The summed E-state index contributed by atoms with van der Waals surface area (Å²) in [6.45, 7) is 1.55. The van der Waals surface area contributed by atoms with Crippen molar-refractivity contribution in [1.29, 1.82) is 0 Å². The second-order valence-corrected chi connectivity index (χ2v) is 7.10. The van der Waals surface area contributed by atoms with Crippen LogP contribution in [0.1, 0.15) is 44.6 Å². The number of aliphatic carboxylic acids is 1. The molecule has 0 radical (unpaired) electrons. The van der Waals surface area contributed by atoms with Gasteiger partial charge in [-0.25, -0.2) is 9.78 Å². The Balaban J connectivity index is 1.39. The molecule has 3 heterocycles. The number of ether oxygens (including phenoxy) is 1. The van der Waals surface area contributed by atoms with Gasteiger partial charge in [-0.05, 0) is 44.4 Å². The van der Waals surface area contributed by atoms with Crippen LogP contribution in [-0.2, 0) is 9.53 Å². The van der Waals surface area contributed by atoms with Gasteiger partial charge in [0.1, 0.15) is 0 Å². The smallest absolute Gasteiger partial charge is 0.332 e. The maximum absolute atomic E-state index is 12.6. The van der Waals surface area contributed by atoms with Gasteiger partial charge < -0.3 is 19.3 Å². The van der Waals surface area contributed by atoms with Crippen LogP contribution >= 0.6 is 0 Å². The molecule has 7 heteroatoms. The molecule has 0 amide bonds. The normalized spacial score (nSPS) is 28.2. The Morgan fingerprint density at radius 2 is 1.92 bits per heavy atom. The van der Waals surface area contributed by atoms with Crippen LogP contribution in [0.3, 0.4) is 0 Å². The summed E-state index contributed by atoms with van der Waals surface area (Å²) in [6, 6.07) is 0.358. The number of aromatic nitrogens is 2. The molecule has 2 atom stereocenters. The highest BCUT2D eigenvalue weighted by atomic mass is 16.5. The number of hydrogen-bond donors (Lipinski definition) is 1. The van der Waals surface area contributed by atoms with Crippen molar-refractivity contribution >= 4 is 11.8 Å². The lowest BCUT2D eigenvalue weighted by atomic mass is 9.90. The molecule has 7 nitrogen and oxygen atoms in total. The Labute approximate surface area is 140 Å². The van der Waals surface area contributed by atoms with Crippen molar-refractivity contribution in [2.45, 2.75) is 56.8 Å². The van der Waals surface area contributed by atoms with Gasteiger partial charge in [0.05, 0.1) is 6.10 Å². The van der Waals surface area contributed by atoms with E-state index in [-0.39, 0.29) is 11.7 Å². The first kappa shape index (κ1) is 15.6. The monoisotopic (exact) mass is 333 g/mol. The molecule has 2 aliphatic heterocycles. The molecule has 0 bridgehead atoms. The summed E-state index contributed by atoms with van der Waals surface area (Å²) in [4.78, 5) is 30.0. The molecule has 24 heavy (non-hydrogen) atoms. The number of rotatable bonds is 4. The molecule has 1 saturated carbocycles. The van der Waals surface area contributed by atoms with E-state index in [1.807, 2.05) is 4.57 Å². The first-order chi connectivity index (χ1) is 11.6. The van der Waals surface area contributed by atoms with Gasteiger partial charge >= 0.3 is 5.97 Å². The summed E-state index contributed by atoms with van der Waals surface area (Å²) in [6.07, 6.45) is 8.31. The van der Waals surface area contributed by atoms with E-state index in [1.54, 1.807) is 12.4 Å². The Bertz CT molecular complexity index is 677. The van der Waals surface area contributed by atoms with Crippen LogP contribution in [-0.4, -0.2) is 45.9 Å². The van der Waals surface area contributed by atoms with Gasteiger partial charge in [-0.3, -0.25) is 4.79 Å². The van der Waals surface area contributed by atoms with E-state index in [2.05, 4.69) is 9.88 Å². The number of hydrogen-bond acceptors (Lipinski definition) is 5. The zero-order valence-corrected chi connectivity index (χ0v) is 13.6. The summed E-state index contributed by atoms with van der Waals surface area (Å²) < 4.78 is 7.50. The van der Waals surface area contributed by atoms with Gasteiger partial charge in [-0.1, -0.05) is 0 Å². The lowest BCUT2D eigenvalue weighted by Gasteiger charge is -2.34. The van der Waals surface area contributed by atoms with E-state index in [9.17, 15) is 9.59 Å². The molecule has 0 aromatic carbocycles. The van der Waals surface area contributed by atoms with Crippen LogP contribution in [0.4, 0.5) is 5.82 Å². The molecule has 3 aliphatic rings. The SMILES string of the molecule is O=C(O)[C@H]1CC[C@@H](C2CCN(c3nccn(C4CC4)c3=O)CC2)O1. The molecule has 3 fully saturated rings. The highest BCUT2D eigenvalue weighted by Gasteiger charge is 2.37. The second kappa shape index (κ2) is 6.20. The number of carboxylic acid groups (broad SMARTS) is 1. The Morgan fingerprint density at radius 3 is 2.54 bits per heavy atom. The van der Waals surface area contributed by atoms with Crippen LogP contribution in [0, 0.1) is 5.92 Å². The predicted molar refractivity (Wildman–Crippen MR) is 87.2 cm³/mol. The van der Waals surface area contributed by atoms with Crippen LogP contribution in [0.15, 0.2) is 17.2 Å². The minimum Gasteiger partial charge on any atom is -0.479 e. The highest BCUT2D eigenvalue weighted by Crippen LogP contribution is 2.34. The number of carbonyl (C=O) groups is 1. The zero-order chi connectivity index (χ0) is 16.7. The lowest BCUT2D eigenvalue weighted by Crippen LogP contribution is -2.41. The van der Waals surface area contributed by atoms with Gasteiger partial charge in [-0.2, -0.15) is 0 Å². The van der Waals surface area contributed by atoms with Gasteiger partial charge in [0.2, 0.25) is 0 Å². The maximum Gasteiger partial charge on any atom is 0.332 e. The fraction of sp³-hybridized carbons (Fsp3) is 0.706. The van der Waals surface area contributed by atoms with E-state index < -0.39 is 12.1 Å². The van der Waals surface area contributed by atoms with Gasteiger partial charge in [0.15, 0.2) is 11.9 Å². The minimum absolute atomic E-state index is 0.0153. The van der Waals surface area contributed by atoms with Crippen molar-refractivity contribution < 1.29 is 14.6 Å². The van der Waals surface area contributed by atoms with E-state index in [0.29, 0.717) is 24.2 Å². The molecule has 2 saturated heterocycles. The van der Waals surface area contributed by atoms with E-state index in [1.165, 1.54) is 0 Å². The molecule has 130 valence electrons. The van der Waals surface area contributed by atoms with Crippen molar-refractivity contribution in [3.63, 3.8) is 0 Å². The van der Waals surface area contributed by atoms with Gasteiger partial charge in [0, 0.05) is 31.5 Å². The first-order valence-electron chi connectivity index (χ1n) is 8.84. The molecule has 4 rings (SSSR count). The Hall–Kier alpha value is -1.89. The van der Waals surface area contributed by atoms with Crippen molar-refractivity contribution in [1.82, 2.24) is 9.55 Å². The molecule has 1 N–H and O–H groups in total. The first-order valence-corrected chi connectivity index (χ1v) is 8.84. The summed E-state index contributed by atoms with van der Waals surface area (Å²) >= 11 is 0. The van der Waals surface area contributed by atoms with Crippen LogP contribution < -0.4 is 10.5 Å². The van der Waals surface area contributed by atoms with Gasteiger partial charge in [-0.15, -0.1) is 0 Å². The summed E-state index contributed by atoms with van der Waals surface area (Å²) in [7, 11) is 0. The van der Waals surface area contributed by atoms with Crippen molar-refractivity contribution in [2.75, 3.05) is 18.0 Å². The number of anilines is 1. The largest absolute Gasteiger partial charge is 0.479 e. The quantitative estimate of drug-likeness (QED) is 0.897.